The van der Waals surface area contributed by atoms with Crippen molar-refractivity contribution in [1.29, 1.82) is 0 Å². The third-order valence-electron chi connectivity index (χ3n) is 2.57. The zero-order valence-corrected chi connectivity index (χ0v) is 10.5. The van der Waals surface area contributed by atoms with Crippen molar-refractivity contribution in [3.05, 3.63) is 24.0 Å². The van der Waals surface area contributed by atoms with Crippen molar-refractivity contribution in [3.8, 4) is 0 Å². The van der Waals surface area contributed by atoms with E-state index in [0.29, 0.717) is 18.8 Å². The molecule has 0 aliphatic heterocycles. The molecule has 1 atom stereocenters. The molecule has 0 fully saturated rings. The minimum atomic E-state index is -0.955. The normalized spacial score (nSPS) is 12.4. The molecule has 0 aromatic carbocycles. The first-order valence-electron chi connectivity index (χ1n) is 5.78. The van der Waals surface area contributed by atoms with Gasteiger partial charge in [0.2, 0.25) is 0 Å². The number of carbonyl (C=O) groups excluding carboxylic acids is 1. The molecule has 0 saturated carbocycles. The van der Waals surface area contributed by atoms with E-state index in [1.165, 1.54) is 0 Å². The number of nitrogens with one attached hydrogen (secondary N) is 1. The van der Waals surface area contributed by atoms with Crippen molar-refractivity contribution in [2.75, 3.05) is 20.2 Å². The van der Waals surface area contributed by atoms with Crippen LogP contribution in [0.2, 0.25) is 0 Å². The summed E-state index contributed by atoms with van der Waals surface area (Å²) >= 11 is 0. The van der Waals surface area contributed by atoms with Crippen molar-refractivity contribution in [2.45, 2.75) is 19.4 Å². The van der Waals surface area contributed by atoms with Crippen LogP contribution in [0.15, 0.2) is 18.3 Å². The highest BCUT2D eigenvalue weighted by Crippen LogP contribution is 2.17. The highest BCUT2D eigenvalue weighted by atomic mass is 16.5. The van der Waals surface area contributed by atoms with Crippen molar-refractivity contribution >= 4 is 11.9 Å². The Hall–Kier alpha value is -1.82. The third kappa shape index (κ3) is 3.89. The van der Waals surface area contributed by atoms with Crippen LogP contribution in [0.5, 0.6) is 0 Å². The molecule has 0 bridgehead atoms. The molecule has 1 aromatic heterocycles. The maximum absolute atomic E-state index is 11.2. The van der Waals surface area contributed by atoms with Crippen molar-refractivity contribution in [3.63, 3.8) is 0 Å². The summed E-state index contributed by atoms with van der Waals surface area (Å²) in [5.74, 6) is -1.27. The number of rotatable bonds is 7. The SMILES string of the molecule is CCOC(=O)CCN(C)C(C(=O)O)c1ccc[nH]1. The van der Waals surface area contributed by atoms with Gasteiger partial charge in [-0.1, -0.05) is 0 Å². The predicted octanol–water partition coefficient (Wildman–Crippen LogP) is 1.03. The van der Waals surface area contributed by atoms with Crippen molar-refractivity contribution < 1.29 is 19.4 Å². The molecule has 18 heavy (non-hydrogen) atoms. The molecule has 6 nitrogen and oxygen atoms in total. The van der Waals surface area contributed by atoms with E-state index in [9.17, 15) is 14.7 Å². The van der Waals surface area contributed by atoms with Crippen molar-refractivity contribution in [1.82, 2.24) is 9.88 Å². The molecule has 0 aliphatic rings. The summed E-state index contributed by atoms with van der Waals surface area (Å²) in [6.45, 7) is 2.40. The first kappa shape index (κ1) is 14.2. The fourth-order valence-corrected chi connectivity index (χ4v) is 1.70. The van der Waals surface area contributed by atoms with Crippen molar-refractivity contribution in [2.24, 2.45) is 0 Å². The van der Waals surface area contributed by atoms with Gasteiger partial charge >= 0.3 is 11.9 Å². The second-order valence-electron chi connectivity index (χ2n) is 3.90. The minimum Gasteiger partial charge on any atom is -0.480 e. The van der Waals surface area contributed by atoms with Gasteiger partial charge in [-0.2, -0.15) is 0 Å². The number of carboxylic acids is 1. The average Bonchev–Trinajstić information content (AvgIpc) is 2.80. The largest absolute Gasteiger partial charge is 0.480 e. The maximum Gasteiger partial charge on any atom is 0.327 e. The van der Waals surface area contributed by atoms with Crippen LogP contribution in [0.3, 0.4) is 0 Å². The van der Waals surface area contributed by atoms with Gasteiger partial charge in [0.15, 0.2) is 0 Å². The summed E-state index contributed by atoms with van der Waals surface area (Å²) in [5, 5.41) is 9.21. The van der Waals surface area contributed by atoms with Crippen LogP contribution in [-0.2, 0) is 14.3 Å². The molecule has 1 rings (SSSR count). The number of H-pyrrole nitrogens is 1. The second-order valence-corrected chi connectivity index (χ2v) is 3.90. The molecule has 1 heterocycles. The lowest BCUT2D eigenvalue weighted by Crippen LogP contribution is -2.33. The van der Waals surface area contributed by atoms with E-state index in [0.717, 1.165) is 0 Å². The lowest BCUT2D eigenvalue weighted by molar-refractivity contribution is -0.147. The minimum absolute atomic E-state index is 0.175. The van der Waals surface area contributed by atoms with Gasteiger partial charge in [0.05, 0.1) is 13.0 Å². The van der Waals surface area contributed by atoms with Gasteiger partial charge in [0.25, 0.3) is 0 Å². The van der Waals surface area contributed by atoms with E-state index in [1.807, 2.05) is 0 Å². The van der Waals surface area contributed by atoms with E-state index in [1.54, 1.807) is 37.2 Å². The number of aliphatic carboxylic acids is 1. The van der Waals surface area contributed by atoms with Gasteiger partial charge in [-0.3, -0.25) is 14.5 Å². The van der Waals surface area contributed by atoms with Crippen LogP contribution in [0.1, 0.15) is 25.1 Å². The lowest BCUT2D eigenvalue weighted by atomic mass is 10.2. The molecule has 0 saturated heterocycles. The first-order chi connectivity index (χ1) is 8.56. The van der Waals surface area contributed by atoms with Gasteiger partial charge in [0.1, 0.15) is 6.04 Å². The number of hydrogen-bond acceptors (Lipinski definition) is 4. The molecule has 0 spiro atoms. The zero-order chi connectivity index (χ0) is 13.5. The van der Waals surface area contributed by atoms with Gasteiger partial charge in [-0.25, -0.2) is 0 Å². The number of likely N-dealkylation sites (N-methyl/N-ethyl adjacent to an activating group) is 1. The van der Waals surface area contributed by atoms with Gasteiger partial charge in [-0.15, -0.1) is 0 Å². The lowest BCUT2D eigenvalue weighted by Gasteiger charge is -2.23. The van der Waals surface area contributed by atoms with E-state index in [4.69, 9.17) is 4.74 Å². The molecule has 100 valence electrons. The van der Waals surface area contributed by atoms with Gasteiger partial charge in [0, 0.05) is 18.4 Å². The number of aromatic amines is 1. The summed E-state index contributed by atoms with van der Waals surface area (Å²) in [4.78, 5) is 26.9. The van der Waals surface area contributed by atoms with Crippen LogP contribution in [0.25, 0.3) is 0 Å². The summed E-state index contributed by atoms with van der Waals surface area (Å²) in [6, 6.07) is 2.67. The highest BCUT2D eigenvalue weighted by Gasteiger charge is 2.25. The quantitative estimate of drug-likeness (QED) is 0.710. The van der Waals surface area contributed by atoms with Gasteiger partial charge in [-0.05, 0) is 26.1 Å². The van der Waals surface area contributed by atoms with Crippen LogP contribution in [-0.4, -0.2) is 47.1 Å². The van der Waals surface area contributed by atoms with E-state index in [-0.39, 0.29) is 12.4 Å². The molecular formula is C12H18N2O4. The number of carboxylic acid groups (broad SMARTS) is 1. The Morgan fingerprint density at radius 3 is 2.78 bits per heavy atom. The Morgan fingerprint density at radius 2 is 2.28 bits per heavy atom. The van der Waals surface area contributed by atoms with E-state index < -0.39 is 12.0 Å². The summed E-state index contributed by atoms with van der Waals surface area (Å²) in [5.41, 5.74) is 0.592. The fourth-order valence-electron chi connectivity index (χ4n) is 1.70. The molecule has 1 unspecified atom stereocenters. The van der Waals surface area contributed by atoms with E-state index >= 15 is 0 Å². The Bertz CT molecular complexity index is 389. The Kier molecular flexibility index (Phi) is 5.38. The standard InChI is InChI=1S/C12H18N2O4/c1-3-18-10(15)6-8-14(2)11(12(16)17)9-5-4-7-13-9/h4-5,7,11,13H,3,6,8H2,1-2H3,(H,16,17). The maximum atomic E-state index is 11.2. The number of esters is 1. The first-order valence-corrected chi connectivity index (χ1v) is 5.78. The zero-order valence-electron chi connectivity index (χ0n) is 10.5. The Labute approximate surface area is 106 Å². The number of aromatic nitrogens is 1. The van der Waals surface area contributed by atoms with Crippen LogP contribution < -0.4 is 0 Å². The Morgan fingerprint density at radius 1 is 1.56 bits per heavy atom. The Balaban J connectivity index is 2.59. The number of carbonyl (C=O) groups is 2. The summed E-state index contributed by atoms with van der Waals surface area (Å²) < 4.78 is 4.80. The number of hydrogen-bond donors (Lipinski definition) is 2. The van der Waals surface area contributed by atoms with Gasteiger partial charge < -0.3 is 14.8 Å². The van der Waals surface area contributed by atoms with Crippen LogP contribution >= 0.6 is 0 Å². The van der Waals surface area contributed by atoms with E-state index in [2.05, 4.69) is 4.98 Å². The third-order valence-corrected chi connectivity index (χ3v) is 2.57. The van der Waals surface area contributed by atoms with Crippen LogP contribution in [0, 0.1) is 0 Å². The molecule has 0 radical (unpaired) electrons. The topological polar surface area (TPSA) is 82.6 Å². The average molecular weight is 254 g/mol. The summed E-state index contributed by atoms with van der Waals surface area (Å²) in [6.07, 6.45) is 1.85. The number of nitrogens with zero attached hydrogens (tertiary/aromatic N) is 1. The molecule has 1 aromatic rings. The second kappa shape index (κ2) is 6.80. The van der Waals surface area contributed by atoms with Crippen LogP contribution in [0.4, 0.5) is 0 Å². The molecular weight excluding hydrogens is 236 g/mol. The monoisotopic (exact) mass is 254 g/mol. The number of ether oxygens (including phenoxy) is 1. The molecule has 6 heteroatoms. The smallest absolute Gasteiger partial charge is 0.327 e. The summed E-state index contributed by atoms with van der Waals surface area (Å²) in [7, 11) is 1.67. The molecule has 0 aliphatic carbocycles. The predicted molar refractivity (Wildman–Crippen MR) is 65.0 cm³/mol. The molecule has 0 amide bonds. The highest BCUT2D eigenvalue weighted by molar-refractivity contribution is 5.75. The fraction of sp³-hybridized carbons (Fsp3) is 0.500. The molecule has 2 N–H and O–H groups in total.